The van der Waals surface area contributed by atoms with Gasteiger partial charge in [-0.05, 0) is 53.5 Å². The molecule has 0 fully saturated rings. The second-order valence-corrected chi connectivity index (χ2v) is 5.89. The van der Waals surface area contributed by atoms with Crippen LogP contribution in [0.15, 0.2) is 34.0 Å². The van der Waals surface area contributed by atoms with Crippen LogP contribution in [0.4, 0.5) is 5.82 Å². The molecule has 11 nitrogen and oxygen atoms in total. The van der Waals surface area contributed by atoms with Gasteiger partial charge >= 0.3 is 0 Å². The monoisotopic (exact) mass is 384 g/mol. The van der Waals surface area contributed by atoms with E-state index < -0.39 is 5.91 Å². The summed E-state index contributed by atoms with van der Waals surface area (Å²) < 4.78 is 11.1. The normalized spacial score (nSPS) is 11.5. The van der Waals surface area contributed by atoms with Crippen LogP contribution in [0.2, 0.25) is 0 Å². The number of nitrogens with zero attached hydrogens (tertiary/aromatic N) is 6. The van der Waals surface area contributed by atoms with Gasteiger partial charge in [-0.3, -0.25) is 4.79 Å². The molecule has 0 saturated carbocycles. The molecule has 0 unspecified atom stereocenters. The van der Waals surface area contributed by atoms with E-state index in [2.05, 4.69) is 35.8 Å². The molecule has 0 aliphatic heterocycles. The Morgan fingerprint density at radius 2 is 2.07 bits per heavy atom. The standard InChI is InChI=1S/C17H20N8O3/c1-4-5-13-14(20-24-25(13)16-15(18)22-28-23-16)17(26)21-19-10(2)11-6-8-12(27-3)9-7-11/h6-9H,4-5H2,1-3H3,(H2,18,22)(H,21,26)/b19-10+. The number of carbonyl (C=O) groups is 1. The Kier molecular flexibility index (Phi) is 5.63. The lowest BCUT2D eigenvalue weighted by Gasteiger charge is -2.05. The SMILES string of the molecule is CCCc1c(C(=O)N/N=C(\C)c2ccc(OC)cc2)nnn1-c1nonc1N. The van der Waals surface area contributed by atoms with Gasteiger partial charge in [-0.15, -0.1) is 5.10 Å². The maximum atomic E-state index is 12.6. The Morgan fingerprint density at radius 1 is 1.32 bits per heavy atom. The van der Waals surface area contributed by atoms with E-state index in [0.717, 1.165) is 17.7 Å². The van der Waals surface area contributed by atoms with E-state index in [4.69, 9.17) is 10.5 Å². The second kappa shape index (κ2) is 8.29. The van der Waals surface area contributed by atoms with Crippen LogP contribution in [0.5, 0.6) is 5.75 Å². The molecule has 0 aliphatic carbocycles. The van der Waals surface area contributed by atoms with Gasteiger partial charge in [-0.2, -0.15) is 9.78 Å². The summed E-state index contributed by atoms with van der Waals surface area (Å²) in [6, 6.07) is 7.33. The summed E-state index contributed by atoms with van der Waals surface area (Å²) in [7, 11) is 1.60. The smallest absolute Gasteiger partial charge is 0.293 e. The number of hydrogen-bond donors (Lipinski definition) is 2. The average Bonchev–Trinajstić information content (AvgIpc) is 3.32. The molecule has 3 N–H and O–H groups in total. The van der Waals surface area contributed by atoms with Gasteiger partial charge in [-0.25, -0.2) is 10.1 Å². The van der Waals surface area contributed by atoms with Gasteiger partial charge in [0.2, 0.25) is 11.6 Å². The number of aromatic nitrogens is 5. The van der Waals surface area contributed by atoms with Crippen molar-refractivity contribution in [2.75, 3.05) is 12.8 Å². The van der Waals surface area contributed by atoms with Crippen LogP contribution in [0.25, 0.3) is 5.82 Å². The quantitative estimate of drug-likeness (QED) is 0.458. The van der Waals surface area contributed by atoms with Crippen LogP contribution in [0, 0.1) is 0 Å². The maximum Gasteiger partial charge on any atom is 0.293 e. The average molecular weight is 384 g/mol. The first-order valence-electron chi connectivity index (χ1n) is 8.57. The van der Waals surface area contributed by atoms with E-state index in [9.17, 15) is 4.79 Å². The highest BCUT2D eigenvalue weighted by molar-refractivity contribution is 6.00. The molecule has 0 radical (unpaired) electrons. The Hall–Kier alpha value is -3.76. The zero-order valence-electron chi connectivity index (χ0n) is 15.7. The van der Waals surface area contributed by atoms with Gasteiger partial charge in [0, 0.05) is 0 Å². The van der Waals surface area contributed by atoms with Crippen molar-refractivity contribution in [2.45, 2.75) is 26.7 Å². The number of anilines is 1. The van der Waals surface area contributed by atoms with Crippen LogP contribution < -0.4 is 15.9 Å². The molecule has 1 aromatic carbocycles. The summed E-state index contributed by atoms with van der Waals surface area (Å²) in [5, 5.41) is 19.3. The minimum Gasteiger partial charge on any atom is -0.497 e. The van der Waals surface area contributed by atoms with Crippen molar-refractivity contribution in [3.63, 3.8) is 0 Å². The molecule has 3 aromatic rings. The number of rotatable bonds is 7. The molecule has 3 rings (SSSR count). The molecule has 0 spiro atoms. The van der Waals surface area contributed by atoms with E-state index in [1.54, 1.807) is 14.0 Å². The third-order valence-corrected chi connectivity index (χ3v) is 3.99. The van der Waals surface area contributed by atoms with Gasteiger partial charge in [0.15, 0.2) is 5.69 Å². The molecule has 2 aromatic heterocycles. The van der Waals surface area contributed by atoms with Crippen LogP contribution in [-0.2, 0) is 6.42 Å². The molecule has 2 heterocycles. The van der Waals surface area contributed by atoms with Gasteiger partial charge < -0.3 is 10.5 Å². The molecule has 0 aliphatic rings. The highest BCUT2D eigenvalue weighted by Crippen LogP contribution is 2.17. The van der Waals surface area contributed by atoms with Crippen LogP contribution in [0.1, 0.15) is 42.0 Å². The molecular weight excluding hydrogens is 364 g/mol. The number of nitrogens with one attached hydrogen (secondary N) is 1. The fourth-order valence-corrected chi connectivity index (χ4v) is 2.53. The number of amides is 1. The first-order chi connectivity index (χ1) is 13.5. The number of hydrazone groups is 1. The number of carbonyl (C=O) groups excluding carboxylic acids is 1. The van der Waals surface area contributed by atoms with Gasteiger partial charge in [-0.1, -0.05) is 18.6 Å². The number of nitrogen functional groups attached to an aromatic ring is 1. The third-order valence-electron chi connectivity index (χ3n) is 3.99. The van der Waals surface area contributed by atoms with E-state index in [1.165, 1.54) is 4.68 Å². The molecule has 0 saturated heterocycles. The van der Waals surface area contributed by atoms with Crippen LogP contribution in [-0.4, -0.2) is 44.0 Å². The molecule has 11 heteroatoms. The van der Waals surface area contributed by atoms with E-state index in [-0.39, 0.29) is 17.3 Å². The fraction of sp³-hybridized carbons (Fsp3) is 0.294. The van der Waals surface area contributed by atoms with Gasteiger partial charge in [0.05, 0.1) is 18.5 Å². The predicted octanol–water partition coefficient (Wildman–Crippen LogP) is 1.35. The molecular formula is C17H20N8O3. The van der Waals surface area contributed by atoms with Gasteiger partial charge in [0.25, 0.3) is 5.91 Å². The van der Waals surface area contributed by atoms with E-state index >= 15 is 0 Å². The highest BCUT2D eigenvalue weighted by Gasteiger charge is 2.23. The first kappa shape index (κ1) is 19.0. The summed E-state index contributed by atoms with van der Waals surface area (Å²) in [6.45, 7) is 3.75. The van der Waals surface area contributed by atoms with Crippen molar-refractivity contribution in [1.82, 2.24) is 30.7 Å². The number of hydrogen-bond acceptors (Lipinski definition) is 9. The summed E-state index contributed by atoms with van der Waals surface area (Å²) in [4.78, 5) is 12.6. The van der Waals surface area contributed by atoms with Crippen molar-refractivity contribution < 1.29 is 14.2 Å². The first-order valence-corrected chi connectivity index (χ1v) is 8.57. The van der Waals surface area contributed by atoms with Crippen molar-refractivity contribution in [2.24, 2.45) is 5.10 Å². The van der Waals surface area contributed by atoms with Crippen molar-refractivity contribution in [3.05, 3.63) is 41.2 Å². The predicted molar refractivity (Wildman–Crippen MR) is 100 cm³/mol. The molecule has 28 heavy (non-hydrogen) atoms. The van der Waals surface area contributed by atoms with Crippen LogP contribution >= 0.6 is 0 Å². The molecule has 0 atom stereocenters. The summed E-state index contributed by atoms with van der Waals surface area (Å²) in [5.41, 5.74) is 10.4. The lowest BCUT2D eigenvalue weighted by Crippen LogP contribution is -2.21. The lowest BCUT2D eigenvalue weighted by atomic mass is 10.1. The largest absolute Gasteiger partial charge is 0.497 e. The Morgan fingerprint density at radius 3 is 2.68 bits per heavy atom. The second-order valence-electron chi connectivity index (χ2n) is 5.89. The summed E-state index contributed by atoms with van der Waals surface area (Å²) in [5.74, 6) is 0.496. The third kappa shape index (κ3) is 3.82. The summed E-state index contributed by atoms with van der Waals surface area (Å²) in [6.07, 6.45) is 1.29. The highest BCUT2D eigenvalue weighted by atomic mass is 16.6. The number of nitrogens with two attached hydrogens (primary N) is 1. The molecule has 0 bridgehead atoms. The zero-order chi connectivity index (χ0) is 20.1. The van der Waals surface area contributed by atoms with Crippen LogP contribution in [0.3, 0.4) is 0 Å². The fourth-order valence-electron chi connectivity index (χ4n) is 2.53. The number of methoxy groups -OCH3 is 1. The molecule has 1 amide bonds. The number of benzene rings is 1. The minimum absolute atomic E-state index is 0.0579. The Labute approximate surface area is 160 Å². The minimum atomic E-state index is -0.488. The van der Waals surface area contributed by atoms with E-state index in [1.807, 2.05) is 31.2 Å². The van der Waals surface area contributed by atoms with Gasteiger partial charge in [0.1, 0.15) is 5.75 Å². The van der Waals surface area contributed by atoms with Crippen molar-refractivity contribution in [3.8, 4) is 11.6 Å². The van der Waals surface area contributed by atoms with E-state index in [0.29, 0.717) is 17.8 Å². The summed E-state index contributed by atoms with van der Waals surface area (Å²) >= 11 is 0. The lowest BCUT2D eigenvalue weighted by molar-refractivity contribution is 0.0948. The Balaban J connectivity index is 1.82. The molecule has 146 valence electrons. The topological polar surface area (TPSA) is 146 Å². The Bertz CT molecular complexity index is 990. The van der Waals surface area contributed by atoms with Crippen molar-refractivity contribution in [1.29, 1.82) is 0 Å². The maximum absolute atomic E-state index is 12.6. The van der Waals surface area contributed by atoms with Crippen molar-refractivity contribution >= 4 is 17.4 Å². The number of ether oxygens (including phenoxy) is 1. The zero-order valence-corrected chi connectivity index (χ0v) is 15.7.